The van der Waals surface area contributed by atoms with Gasteiger partial charge in [0.15, 0.2) is 0 Å². The fraction of sp³-hybridized carbons (Fsp3) is 0.778. The molecule has 1 nitrogen and oxygen atoms in total. The Bertz CT molecular complexity index is 496. The maximum atomic E-state index is 5.88. The van der Waals surface area contributed by atoms with Crippen molar-refractivity contribution in [3.63, 3.8) is 0 Å². The van der Waals surface area contributed by atoms with Crippen molar-refractivity contribution in [2.75, 3.05) is 6.61 Å². The summed E-state index contributed by atoms with van der Waals surface area (Å²) < 4.78 is 5.88. The maximum Gasteiger partial charge on any atom is 0.119 e. The van der Waals surface area contributed by atoms with Gasteiger partial charge in [0.2, 0.25) is 0 Å². The zero-order chi connectivity index (χ0) is 21.5. The summed E-state index contributed by atoms with van der Waals surface area (Å²) >= 11 is 5.82. The molecule has 1 unspecified atom stereocenters. The molecule has 1 aromatic rings. The highest BCUT2D eigenvalue weighted by Crippen LogP contribution is 2.23. The third kappa shape index (κ3) is 14.0. The van der Waals surface area contributed by atoms with E-state index in [1.165, 1.54) is 57.8 Å². The van der Waals surface area contributed by atoms with Gasteiger partial charge in [0, 0.05) is 5.88 Å². The average Bonchev–Trinajstić information content (AvgIpc) is 2.68. The zero-order valence-electron chi connectivity index (χ0n) is 19.9. The molecule has 0 saturated carbocycles. The topological polar surface area (TPSA) is 9.23 Å². The minimum atomic E-state index is 0.563. The van der Waals surface area contributed by atoms with Crippen molar-refractivity contribution in [1.29, 1.82) is 0 Å². The van der Waals surface area contributed by atoms with Crippen LogP contribution < -0.4 is 4.74 Å². The predicted octanol–water partition coefficient (Wildman–Crippen LogP) is 9.27. The van der Waals surface area contributed by atoms with Crippen LogP contribution in [0.3, 0.4) is 0 Å². The molecule has 1 rings (SSSR count). The third-order valence-electron chi connectivity index (χ3n) is 6.22. The quantitative estimate of drug-likeness (QED) is 0.227. The van der Waals surface area contributed by atoms with E-state index in [4.69, 9.17) is 16.3 Å². The monoisotopic (exact) mass is 422 g/mol. The molecule has 0 radical (unpaired) electrons. The molecular weight excluding hydrogens is 376 g/mol. The van der Waals surface area contributed by atoms with Crippen molar-refractivity contribution in [2.24, 2.45) is 23.7 Å². The second-order valence-corrected chi connectivity index (χ2v) is 10.2. The van der Waals surface area contributed by atoms with Crippen LogP contribution in [0.4, 0.5) is 0 Å². The first-order chi connectivity index (χ1) is 13.9. The first-order valence-corrected chi connectivity index (χ1v) is 12.7. The standard InChI is InChI=1S/C27H47ClO/c1-22(2)9-6-10-23(3)11-7-12-24(4)13-8-14-25(5)19-20-29-27-17-15-26(21-28)16-18-27/h15-18,22-25H,6-14,19-21H2,1-5H3/t23-,24-,25?/m1/s1. The first-order valence-electron chi connectivity index (χ1n) is 12.2. The van der Waals surface area contributed by atoms with Gasteiger partial charge in [-0.25, -0.2) is 0 Å². The smallest absolute Gasteiger partial charge is 0.119 e. The fourth-order valence-electron chi connectivity index (χ4n) is 3.99. The number of alkyl halides is 1. The number of hydrogen-bond donors (Lipinski definition) is 0. The Morgan fingerprint density at radius 3 is 1.55 bits per heavy atom. The van der Waals surface area contributed by atoms with Crippen molar-refractivity contribution >= 4 is 11.6 Å². The van der Waals surface area contributed by atoms with E-state index < -0.39 is 0 Å². The van der Waals surface area contributed by atoms with Crippen LogP contribution in [0.1, 0.15) is 104 Å². The SMILES string of the molecule is CC(C)CCC[C@@H](C)CCC[C@@H](C)CCCC(C)CCOc1ccc(CCl)cc1. The van der Waals surface area contributed by atoms with E-state index in [0.717, 1.165) is 48.0 Å². The van der Waals surface area contributed by atoms with Gasteiger partial charge in [-0.2, -0.15) is 0 Å². The molecule has 2 heteroatoms. The Kier molecular flexibility index (Phi) is 14.6. The van der Waals surface area contributed by atoms with E-state index in [9.17, 15) is 0 Å². The van der Waals surface area contributed by atoms with Crippen molar-refractivity contribution in [3.05, 3.63) is 29.8 Å². The molecule has 0 spiro atoms. The van der Waals surface area contributed by atoms with Gasteiger partial charge in [0.1, 0.15) is 5.75 Å². The summed E-state index contributed by atoms with van der Waals surface area (Å²) in [5.74, 6) is 4.91. The molecule has 0 N–H and O–H groups in total. The average molecular weight is 423 g/mol. The predicted molar refractivity (Wildman–Crippen MR) is 130 cm³/mol. The molecule has 29 heavy (non-hydrogen) atoms. The summed E-state index contributed by atoms with van der Waals surface area (Å²) in [5, 5.41) is 0. The summed E-state index contributed by atoms with van der Waals surface area (Å²) in [6, 6.07) is 8.13. The van der Waals surface area contributed by atoms with Crippen molar-refractivity contribution < 1.29 is 4.74 Å². The zero-order valence-corrected chi connectivity index (χ0v) is 20.6. The molecule has 0 aliphatic carbocycles. The third-order valence-corrected chi connectivity index (χ3v) is 6.53. The van der Waals surface area contributed by atoms with Gasteiger partial charge in [-0.1, -0.05) is 105 Å². The molecule has 0 aromatic heterocycles. The molecule has 0 fully saturated rings. The molecule has 0 bridgehead atoms. The molecule has 0 saturated heterocycles. The van der Waals surface area contributed by atoms with Crippen LogP contribution in [-0.2, 0) is 5.88 Å². The van der Waals surface area contributed by atoms with E-state index in [0.29, 0.717) is 5.88 Å². The second-order valence-electron chi connectivity index (χ2n) is 9.92. The highest BCUT2D eigenvalue weighted by molar-refractivity contribution is 6.17. The fourth-order valence-corrected chi connectivity index (χ4v) is 4.17. The van der Waals surface area contributed by atoms with Crippen molar-refractivity contribution in [3.8, 4) is 5.75 Å². The van der Waals surface area contributed by atoms with Gasteiger partial charge in [-0.05, 0) is 47.8 Å². The lowest BCUT2D eigenvalue weighted by atomic mass is 9.91. The van der Waals surface area contributed by atoms with Gasteiger partial charge in [-0.15, -0.1) is 11.6 Å². The molecule has 0 aliphatic heterocycles. The van der Waals surface area contributed by atoms with Gasteiger partial charge in [0.25, 0.3) is 0 Å². The van der Waals surface area contributed by atoms with Crippen LogP contribution in [0.5, 0.6) is 5.75 Å². The normalized spacial score (nSPS) is 14.7. The first kappa shape index (κ1) is 26.3. The Labute approximate surface area is 187 Å². The molecule has 0 amide bonds. The largest absolute Gasteiger partial charge is 0.494 e. The van der Waals surface area contributed by atoms with Gasteiger partial charge >= 0.3 is 0 Å². The number of rotatable bonds is 17. The lowest BCUT2D eigenvalue weighted by Gasteiger charge is -2.16. The van der Waals surface area contributed by atoms with Crippen LogP contribution in [0.2, 0.25) is 0 Å². The minimum Gasteiger partial charge on any atom is -0.494 e. The molecular formula is C27H47ClO. The maximum absolute atomic E-state index is 5.88. The Morgan fingerprint density at radius 1 is 0.655 bits per heavy atom. The van der Waals surface area contributed by atoms with Crippen LogP contribution in [0.25, 0.3) is 0 Å². The molecule has 168 valence electrons. The summed E-state index contributed by atoms with van der Waals surface area (Å²) in [5.41, 5.74) is 1.14. The Morgan fingerprint density at radius 2 is 1.10 bits per heavy atom. The number of benzene rings is 1. The molecule has 0 aliphatic rings. The summed E-state index contributed by atoms with van der Waals surface area (Å²) in [6.07, 6.45) is 13.7. The number of ether oxygens (including phenoxy) is 1. The molecule has 0 heterocycles. The molecule has 3 atom stereocenters. The molecule has 1 aromatic carbocycles. The van der Waals surface area contributed by atoms with Crippen molar-refractivity contribution in [1.82, 2.24) is 0 Å². The van der Waals surface area contributed by atoms with E-state index in [1.54, 1.807) is 0 Å². The minimum absolute atomic E-state index is 0.563. The summed E-state index contributed by atoms with van der Waals surface area (Å²) in [4.78, 5) is 0. The lowest BCUT2D eigenvalue weighted by Crippen LogP contribution is -2.05. The van der Waals surface area contributed by atoms with Crippen LogP contribution in [-0.4, -0.2) is 6.61 Å². The van der Waals surface area contributed by atoms with Crippen molar-refractivity contribution in [2.45, 2.75) is 105 Å². The van der Waals surface area contributed by atoms with E-state index in [1.807, 2.05) is 24.3 Å². The van der Waals surface area contributed by atoms with Gasteiger partial charge < -0.3 is 4.74 Å². The Balaban J connectivity index is 2.01. The van der Waals surface area contributed by atoms with Gasteiger partial charge in [0.05, 0.1) is 6.61 Å². The Hall–Kier alpha value is -0.690. The number of halogens is 1. The van der Waals surface area contributed by atoms with Crippen LogP contribution in [0, 0.1) is 23.7 Å². The van der Waals surface area contributed by atoms with E-state index in [-0.39, 0.29) is 0 Å². The lowest BCUT2D eigenvalue weighted by molar-refractivity contribution is 0.274. The van der Waals surface area contributed by atoms with Crippen LogP contribution in [0.15, 0.2) is 24.3 Å². The highest BCUT2D eigenvalue weighted by atomic mass is 35.5. The van der Waals surface area contributed by atoms with Crippen LogP contribution >= 0.6 is 11.6 Å². The van der Waals surface area contributed by atoms with E-state index in [2.05, 4.69) is 34.6 Å². The summed E-state index contributed by atoms with van der Waals surface area (Å²) in [7, 11) is 0. The van der Waals surface area contributed by atoms with E-state index >= 15 is 0 Å². The second kappa shape index (κ2) is 16.1. The summed E-state index contributed by atoms with van der Waals surface area (Å²) in [6.45, 7) is 12.7. The highest BCUT2D eigenvalue weighted by Gasteiger charge is 2.08. The number of hydrogen-bond acceptors (Lipinski definition) is 1. The van der Waals surface area contributed by atoms with Gasteiger partial charge in [-0.3, -0.25) is 0 Å².